The standard InChI is InChI=1S/2C3H7.C3H6/c3*1-3-2/h2*1,3H2,2H3;3H,1H2,2H3. The second-order valence-electron chi connectivity index (χ2n) is 1.41. The minimum Gasteiger partial charge on any atom is -0.103 e. The quantitative estimate of drug-likeness (QED) is 0.437. The lowest BCUT2D eigenvalue weighted by molar-refractivity contribution is 1.23. The van der Waals surface area contributed by atoms with Crippen LogP contribution in [0.15, 0.2) is 12.7 Å². The fraction of sp³-hybridized carbons (Fsp3) is 0.556. The maximum Gasteiger partial charge on any atom is -0.0473 e. The summed E-state index contributed by atoms with van der Waals surface area (Å²) in [6, 6.07) is 0. The first-order valence-corrected chi connectivity index (χ1v) is 3.40. The summed E-state index contributed by atoms with van der Waals surface area (Å²) in [5.74, 6) is 0. The van der Waals surface area contributed by atoms with Gasteiger partial charge in [-0.1, -0.05) is 46.6 Å². The van der Waals surface area contributed by atoms with Crippen molar-refractivity contribution in [1.29, 1.82) is 0 Å². The van der Waals surface area contributed by atoms with Crippen molar-refractivity contribution in [3.8, 4) is 0 Å². The molecule has 56 valence electrons. The van der Waals surface area contributed by atoms with Crippen LogP contribution in [0.25, 0.3) is 0 Å². The smallest absolute Gasteiger partial charge is 0.0473 e. The van der Waals surface area contributed by atoms with E-state index in [1.807, 2.05) is 20.8 Å². The third-order valence-corrected chi connectivity index (χ3v) is 0. The molecule has 0 bridgehead atoms. The highest BCUT2D eigenvalue weighted by atomic mass is 13.4. The van der Waals surface area contributed by atoms with Gasteiger partial charge < -0.3 is 0 Å². The van der Waals surface area contributed by atoms with Gasteiger partial charge in [0.2, 0.25) is 0 Å². The van der Waals surface area contributed by atoms with Gasteiger partial charge in [-0.3, -0.25) is 0 Å². The molecule has 0 N–H and O–H groups in total. The van der Waals surface area contributed by atoms with Crippen molar-refractivity contribution in [2.75, 3.05) is 0 Å². The normalized spacial score (nSPS) is 5.44. The first-order valence-electron chi connectivity index (χ1n) is 3.40. The van der Waals surface area contributed by atoms with Gasteiger partial charge in [0.15, 0.2) is 0 Å². The van der Waals surface area contributed by atoms with E-state index >= 15 is 0 Å². The lowest BCUT2D eigenvalue weighted by atomic mass is 10.6. The van der Waals surface area contributed by atoms with Crippen molar-refractivity contribution in [1.82, 2.24) is 0 Å². The van der Waals surface area contributed by atoms with Gasteiger partial charge in [-0.15, -0.1) is 6.58 Å². The summed E-state index contributed by atoms with van der Waals surface area (Å²) in [7, 11) is 0. The second kappa shape index (κ2) is 46.8. The molecule has 0 heterocycles. The van der Waals surface area contributed by atoms with Gasteiger partial charge in [-0.05, 0) is 6.92 Å². The van der Waals surface area contributed by atoms with Crippen LogP contribution < -0.4 is 0 Å². The molecule has 0 fully saturated rings. The van der Waals surface area contributed by atoms with E-state index in [0.29, 0.717) is 0 Å². The maximum absolute atomic E-state index is 3.49. The molecule has 0 saturated heterocycles. The molecule has 9 heavy (non-hydrogen) atoms. The molecular formula is C9H20. The summed E-state index contributed by atoms with van der Waals surface area (Å²) in [6.45, 7) is 16.2. The molecule has 0 aliphatic carbocycles. The molecule has 0 rings (SSSR count). The van der Waals surface area contributed by atoms with Crippen LogP contribution in [0.4, 0.5) is 0 Å². The van der Waals surface area contributed by atoms with Gasteiger partial charge in [0.05, 0.1) is 0 Å². The van der Waals surface area contributed by atoms with Crippen molar-refractivity contribution in [3.05, 3.63) is 26.5 Å². The van der Waals surface area contributed by atoms with E-state index in [2.05, 4.69) is 20.4 Å². The van der Waals surface area contributed by atoms with E-state index in [-0.39, 0.29) is 0 Å². The molecular weight excluding hydrogens is 108 g/mol. The Kier molecular flexibility index (Phi) is 82.7. The summed E-state index contributed by atoms with van der Waals surface area (Å²) in [5, 5.41) is 0. The number of hydrogen-bond acceptors (Lipinski definition) is 0. The Morgan fingerprint density at radius 3 is 1.11 bits per heavy atom. The molecule has 0 aliphatic heterocycles. The minimum absolute atomic E-state index is 1.00. The summed E-state index contributed by atoms with van der Waals surface area (Å²) >= 11 is 0. The van der Waals surface area contributed by atoms with Crippen LogP contribution in [0.3, 0.4) is 0 Å². The van der Waals surface area contributed by atoms with E-state index in [4.69, 9.17) is 0 Å². The van der Waals surface area contributed by atoms with Crippen LogP contribution in [-0.2, 0) is 0 Å². The molecule has 0 unspecified atom stereocenters. The van der Waals surface area contributed by atoms with Crippen molar-refractivity contribution >= 4 is 0 Å². The molecule has 0 aromatic rings. The van der Waals surface area contributed by atoms with E-state index in [9.17, 15) is 0 Å². The molecule has 0 nitrogen and oxygen atoms in total. The fourth-order valence-electron chi connectivity index (χ4n) is 0. The Morgan fingerprint density at radius 1 is 1.11 bits per heavy atom. The molecule has 0 saturated carbocycles. The predicted molar refractivity (Wildman–Crippen MR) is 47.2 cm³/mol. The Morgan fingerprint density at radius 2 is 1.11 bits per heavy atom. The van der Waals surface area contributed by atoms with Crippen LogP contribution in [0, 0.1) is 13.8 Å². The zero-order valence-electron chi connectivity index (χ0n) is 7.11. The molecule has 0 aromatic carbocycles. The van der Waals surface area contributed by atoms with E-state index in [1.165, 1.54) is 0 Å². The van der Waals surface area contributed by atoms with Crippen LogP contribution in [0.5, 0.6) is 0 Å². The predicted octanol–water partition coefficient (Wildman–Crippen LogP) is 3.65. The van der Waals surface area contributed by atoms with E-state index in [1.54, 1.807) is 6.08 Å². The lowest BCUT2D eigenvalue weighted by Gasteiger charge is -1.47. The molecule has 0 atom stereocenters. The van der Waals surface area contributed by atoms with Gasteiger partial charge in [-0.25, -0.2) is 0 Å². The zero-order chi connectivity index (χ0) is 8.12. The first-order chi connectivity index (χ1) is 4.24. The fourth-order valence-corrected chi connectivity index (χ4v) is 0. The average Bonchev–Trinajstić information content (AvgIpc) is 1.70. The molecule has 0 aromatic heterocycles. The number of allylic oxidation sites excluding steroid dienone is 1. The van der Waals surface area contributed by atoms with Crippen molar-refractivity contribution < 1.29 is 0 Å². The minimum atomic E-state index is 1.00. The van der Waals surface area contributed by atoms with Gasteiger partial charge in [-0.2, -0.15) is 0 Å². The molecule has 2 radical (unpaired) electrons. The van der Waals surface area contributed by atoms with Crippen LogP contribution in [0.2, 0.25) is 0 Å². The SMILES string of the molecule is C=CC.[CH2]CC.[CH2]CC. The highest BCUT2D eigenvalue weighted by Gasteiger charge is 1.36. The number of hydrogen-bond donors (Lipinski definition) is 0. The van der Waals surface area contributed by atoms with Gasteiger partial charge in [0, 0.05) is 0 Å². The molecule has 0 spiro atoms. The third kappa shape index (κ3) is 3770. The summed E-state index contributed by atoms with van der Waals surface area (Å²) in [6.07, 6.45) is 3.75. The van der Waals surface area contributed by atoms with Gasteiger partial charge in [0.25, 0.3) is 0 Å². The maximum atomic E-state index is 3.49. The van der Waals surface area contributed by atoms with Gasteiger partial charge >= 0.3 is 0 Å². The lowest BCUT2D eigenvalue weighted by Crippen LogP contribution is -1.29. The Balaban J connectivity index is -0.0000000600. The number of rotatable bonds is 0. The van der Waals surface area contributed by atoms with Crippen LogP contribution in [-0.4, -0.2) is 0 Å². The third-order valence-electron chi connectivity index (χ3n) is 0. The Labute approximate surface area is 61.0 Å². The molecule has 0 amide bonds. The summed E-state index contributed by atoms with van der Waals surface area (Å²) in [4.78, 5) is 0. The van der Waals surface area contributed by atoms with E-state index in [0.717, 1.165) is 12.8 Å². The highest BCUT2D eigenvalue weighted by molar-refractivity contribution is 4.51. The van der Waals surface area contributed by atoms with Gasteiger partial charge in [0.1, 0.15) is 0 Å². The van der Waals surface area contributed by atoms with Crippen LogP contribution in [0.1, 0.15) is 33.6 Å². The van der Waals surface area contributed by atoms with Crippen molar-refractivity contribution in [3.63, 3.8) is 0 Å². The van der Waals surface area contributed by atoms with Crippen molar-refractivity contribution in [2.45, 2.75) is 33.6 Å². The average molecular weight is 128 g/mol. The Bertz CT molecular complexity index is 19.2. The monoisotopic (exact) mass is 128 g/mol. The zero-order valence-corrected chi connectivity index (χ0v) is 7.11. The molecule has 0 heteroatoms. The summed E-state index contributed by atoms with van der Waals surface area (Å²) in [5.41, 5.74) is 0. The summed E-state index contributed by atoms with van der Waals surface area (Å²) < 4.78 is 0. The van der Waals surface area contributed by atoms with Crippen molar-refractivity contribution in [2.24, 2.45) is 0 Å². The highest BCUT2D eigenvalue weighted by Crippen LogP contribution is 1.55. The first kappa shape index (κ1) is 15.9. The van der Waals surface area contributed by atoms with E-state index < -0.39 is 0 Å². The topological polar surface area (TPSA) is 0 Å². The largest absolute Gasteiger partial charge is 0.103 e. The van der Waals surface area contributed by atoms with Crippen LogP contribution >= 0.6 is 0 Å². The molecule has 0 aliphatic rings. The second-order valence-corrected chi connectivity index (χ2v) is 1.41. The Hall–Kier alpha value is -0.260.